The van der Waals surface area contributed by atoms with E-state index in [1.54, 1.807) is 0 Å². The molecule has 11 heteroatoms. The second-order valence-corrected chi connectivity index (χ2v) is 9.68. The van der Waals surface area contributed by atoms with Crippen LogP contribution in [0.15, 0.2) is 42.5 Å². The summed E-state index contributed by atoms with van der Waals surface area (Å²) in [5.41, 5.74) is -0.430. The number of halogens is 2. The van der Waals surface area contributed by atoms with Crippen LogP contribution in [0.4, 0.5) is 5.69 Å². The van der Waals surface area contributed by atoms with Crippen molar-refractivity contribution in [2.45, 2.75) is 26.2 Å². The van der Waals surface area contributed by atoms with Gasteiger partial charge in [0.25, 0.3) is 23.4 Å². The minimum Gasteiger partial charge on any atom is -0.292 e. The molecule has 0 unspecified atom stereocenters. The second kappa shape index (κ2) is 9.75. The Kier molecular flexibility index (Phi) is 6.91. The fraction of sp³-hybridized carbons (Fsp3) is 0.333. The Morgan fingerprint density at radius 1 is 1.09 bits per heavy atom. The van der Waals surface area contributed by atoms with Crippen LogP contribution in [0.2, 0.25) is 10.0 Å². The van der Waals surface area contributed by atoms with Gasteiger partial charge in [0, 0.05) is 28.3 Å². The number of non-ortho nitro benzene ring substituents is 1. The number of Topliss-reactive ketones (excluding diaryl/α,β-unsaturated/α-hetero) is 1. The third kappa shape index (κ3) is 4.78. The lowest BCUT2D eigenvalue weighted by molar-refractivity contribution is -0.384. The molecule has 2 fully saturated rings. The maximum atomic E-state index is 13.5. The van der Waals surface area contributed by atoms with Crippen LogP contribution in [0.5, 0.6) is 0 Å². The Balaban J connectivity index is 1.73. The normalized spacial score (nSPS) is 21.6. The number of hydrogen-bond donors (Lipinski definition) is 0. The first-order chi connectivity index (χ1) is 16.6. The van der Waals surface area contributed by atoms with Gasteiger partial charge in [-0.05, 0) is 49.4 Å². The van der Waals surface area contributed by atoms with Crippen LogP contribution < -0.4 is 0 Å². The molecule has 2 aliphatic rings. The summed E-state index contributed by atoms with van der Waals surface area (Å²) >= 11 is 12.1. The molecule has 1 aliphatic carbocycles. The molecular weight excluding hydrogens is 497 g/mol. The average molecular weight is 518 g/mol. The molecule has 182 valence electrons. The van der Waals surface area contributed by atoms with Crippen molar-refractivity contribution in [3.8, 4) is 0 Å². The number of fused-ring (bicyclic) bond motifs is 1. The third-order valence-corrected chi connectivity index (χ3v) is 7.02. The van der Waals surface area contributed by atoms with Crippen LogP contribution in [0.25, 0.3) is 0 Å². The van der Waals surface area contributed by atoms with Crippen LogP contribution in [0.3, 0.4) is 0 Å². The van der Waals surface area contributed by atoms with Crippen molar-refractivity contribution in [1.29, 1.82) is 0 Å². The number of carbonyl (C=O) groups excluding carboxylic acids is 4. The number of nitrogens with zero attached hydrogens (tertiary/aromatic N) is 3. The maximum Gasteiger partial charge on any atom is 0.273 e. The standard InChI is InChI=1S/C24H21Cl2N3O6/c1-13-5-7-17-19(9-13)24(33)28(23(17)32)27(12-21(30)18-8-6-15(25)11-20(18)26)22(31)14-3-2-4-16(10-14)29(34)35/h2-4,6,8,10-11,13,17,19H,5,7,9,12H2,1H3/t13-,17-,19-/m1/s1. The molecule has 0 bridgehead atoms. The molecule has 1 heterocycles. The molecule has 2 aromatic rings. The fourth-order valence-corrected chi connectivity index (χ4v) is 5.20. The molecule has 9 nitrogen and oxygen atoms in total. The van der Waals surface area contributed by atoms with Crippen molar-refractivity contribution in [1.82, 2.24) is 10.0 Å². The summed E-state index contributed by atoms with van der Waals surface area (Å²) in [7, 11) is 0. The zero-order valence-electron chi connectivity index (χ0n) is 18.6. The van der Waals surface area contributed by atoms with Crippen LogP contribution in [0, 0.1) is 27.9 Å². The molecule has 35 heavy (non-hydrogen) atoms. The summed E-state index contributed by atoms with van der Waals surface area (Å²) in [5, 5.41) is 13.1. The van der Waals surface area contributed by atoms with E-state index < -0.39 is 46.8 Å². The second-order valence-electron chi connectivity index (χ2n) is 8.84. The Morgan fingerprint density at radius 3 is 2.49 bits per heavy atom. The van der Waals surface area contributed by atoms with Crippen molar-refractivity contribution in [3.63, 3.8) is 0 Å². The van der Waals surface area contributed by atoms with Gasteiger partial charge in [-0.2, -0.15) is 5.01 Å². The number of nitro groups is 1. The zero-order valence-corrected chi connectivity index (χ0v) is 20.2. The fourth-order valence-electron chi connectivity index (χ4n) is 4.68. The van der Waals surface area contributed by atoms with E-state index in [2.05, 4.69) is 0 Å². The smallest absolute Gasteiger partial charge is 0.273 e. The van der Waals surface area contributed by atoms with Gasteiger partial charge >= 0.3 is 0 Å². The minimum absolute atomic E-state index is 0.0480. The lowest BCUT2D eigenvalue weighted by atomic mass is 9.76. The highest BCUT2D eigenvalue weighted by molar-refractivity contribution is 6.37. The molecular formula is C24H21Cl2N3O6. The van der Waals surface area contributed by atoms with Crippen LogP contribution >= 0.6 is 23.2 Å². The molecule has 4 rings (SSSR count). The molecule has 1 saturated carbocycles. The first-order valence-corrected chi connectivity index (χ1v) is 11.8. The summed E-state index contributed by atoms with van der Waals surface area (Å²) in [6.07, 6.45) is 1.77. The summed E-state index contributed by atoms with van der Waals surface area (Å²) in [5.74, 6) is -3.55. The van der Waals surface area contributed by atoms with Gasteiger partial charge in [0.1, 0.15) is 6.54 Å². The van der Waals surface area contributed by atoms with Crippen molar-refractivity contribution in [3.05, 3.63) is 73.8 Å². The summed E-state index contributed by atoms with van der Waals surface area (Å²) in [6, 6.07) is 9.09. The quantitative estimate of drug-likeness (QED) is 0.240. The van der Waals surface area contributed by atoms with Gasteiger partial charge in [0.2, 0.25) is 0 Å². The number of benzene rings is 2. The number of ketones is 1. The molecule has 1 aliphatic heterocycles. The van der Waals surface area contributed by atoms with Gasteiger partial charge in [-0.1, -0.05) is 36.2 Å². The summed E-state index contributed by atoms with van der Waals surface area (Å²) < 4.78 is 0. The number of rotatable bonds is 6. The van der Waals surface area contributed by atoms with E-state index in [0.717, 1.165) is 22.5 Å². The summed E-state index contributed by atoms with van der Waals surface area (Å²) in [4.78, 5) is 63.8. The Hall–Kier alpha value is -3.30. The Morgan fingerprint density at radius 2 is 1.80 bits per heavy atom. The third-order valence-electron chi connectivity index (χ3n) is 6.47. The van der Waals surface area contributed by atoms with Crippen molar-refractivity contribution in [2.75, 3.05) is 6.54 Å². The van der Waals surface area contributed by atoms with E-state index in [0.29, 0.717) is 17.9 Å². The molecule has 0 N–H and O–H groups in total. The Bertz CT molecular complexity index is 1250. The predicted octanol–water partition coefficient (Wildman–Crippen LogP) is 4.56. The highest BCUT2D eigenvalue weighted by Crippen LogP contribution is 2.41. The zero-order chi connectivity index (χ0) is 25.4. The van der Waals surface area contributed by atoms with Crippen LogP contribution in [-0.4, -0.2) is 45.0 Å². The van der Waals surface area contributed by atoms with Gasteiger partial charge in [-0.3, -0.25) is 29.3 Å². The highest BCUT2D eigenvalue weighted by Gasteiger charge is 2.53. The molecule has 0 spiro atoms. The Labute approximate surface area is 210 Å². The van der Waals surface area contributed by atoms with Crippen molar-refractivity contribution >= 4 is 52.4 Å². The highest BCUT2D eigenvalue weighted by atomic mass is 35.5. The number of hydrazine groups is 1. The molecule has 2 aromatic carbocycles. The van der Waals surface area contributed by atoms with E-state index in [4.69, 9.17) is 23.2 Å². The number of hydrogen-bond acceptors (Lipinski definition) is 6. The summed E-state index contributed by atoms with van der Waals surface area (Å²) in [6.45, 7) is 1.32. The molecule has 1 saturated heterocycles. The SMILES string of the molecule is C[C@@H]1CC[C@H]2C(=O)N(N(CC(=O)c3ccc(Cl)cc3Cl)C(=O)c3cccc([N+](=O)[O-])c3)C(=O)[C@@H]2C1. The average Bonchev–Trinajstić information content (AvgIpc) is 3.06. The first-order valence-electron chi connectivity index (χ1n) is 11.0. The molecule has 3 atom stereocenters. The van der Waals surface area contributed by atoms with E-state index in [9.17, 15) is 29.3 Å². The van der Waals surface area contributed by atoms with E-state index in [-0.39, 0.29) is 27.8 Å². The monoisotopic (exact) mass is 517 g/mol. The number of carbonyl (C=O) groups is 4. The first kappa shape index (κ1) is 24.8. The molecule has 0 aromatic heterocycles. The predicted molar refractivity (Wildman–Crippen MR) is 127 cm³/mol. The van der Waals surface area contributed by atoms with E-state index >= 15 is 0 Å². The van der Waals surface area contributed by atoms with Gasteiger partial charge in [0.15, 0.2) is 5.78 Å². The minimum atomic E-state index is -0.888. The largest absolute Gasteiger partial charge is 0.292 e. The van der Waals surface area contributed by atoms with Gasteiger partial charge in [-0.15, -0.1) is 0 Å². The van der Waals surface area contributed by atoms with Crippen LogP contribution in [0.1, 0.15) is 46.9 Å². The van der Waals surface area contributed by atoms with Gasteiger partial charge < -0.3 is 0 Å². The van der Waals surface area contributed by atoms with Crippen LogP contribution in [-0.2, 0) is 9.59 Å². The van der Waals surface area contributed by atoms with E-state index in [1.165, 1.54) is 36.4 Å². The maximum absolute atomic E-state index is 13.5. The number of amides is 3. The van der Waals surface area contributed by atoms with Crippen molar-refractivity contribution < 1.29 is 24.1 Å². The molecule has 3 amide bonds. The number of nitro benzene ring substituents is 1. The lowest BCUT2D eigenvalue weighted by Crippen LogP contribution is -2.52. The number of imide groups is 1. The topological polar surface area (TPSA) is 118 Å². The van der Waals surface area contributed by atoms with Gasteiger partial charge in [0.05, 0.1) is 21.8 Å². The molecule has 0 radical (unpaired) electrons. The lowest BCUT2D eigenvalue weighted by Gasteiger charge is -2.30. The van der Waals surface area contributed by atoms with Crippen molar-refractivity contribution in [2.24, 2.45) is 17.8 Å². The van der Waals surface area contributed by atoms with E-state index in [1.807, 2.05) is 6.92 Å². The van der Waals surface area contributed by atoms with Gasteiger partial charge in [-0.25, -0.2) is 5.01 Å².